The number of carbonyl (C=O) groups is 1. The lowest BCUT2D eigenvalue weighted by molar-refractivity contribution is -0.122. The number of hydrogen-bond acceptors (Lipinski definition) is 2. The van der Waals surface area contributed by atoms with Gasteiger partial charge in [-0.1, -0.05) is 18.2 Å². The van der Waals surface area contributed by atoms with Crippen molar-refractivity contribution < 1.29 is 9.18 Å². The summed E-state index contributed by atoms with van der Waals surface area (Å²) in [5.74, 6) is -0.220. The highest BCUT2D eigenvalue weighted by atomic mass is 35.5. The maximum Gasteiger partial charge on any atom is 0.237 e. The molecule has 13 heavy (non-hydrogen) atoms. The summed E-state index contributed by atoms with van der Waals surface area (Å²) in [4.78, 5) is 11.3. The van der Waals surface area contributed by atoms with E-state index < -0.39 is 12.2 Å². The van der Waals surface area contributed by atoms with Crippen molar-refractivity contribution >= 4 is 17.5 Å². The smallest absolute Gasteiger partial charge is 0.237 e. The number of rotatable bonds is 3. The minimum Gasteiger partial charge on any atom is -0.350 e. The lowest BCUT2D eigenvalue weighted by atomic mass is 10.2. The Hall–Kier alpha value is -0.610. The molecule has 0 aromatic heterocycles. The first-order valence-electron chi connectivity index (χ1n) is 4.08. The van der Waals surface area contributed by atoms with E-state index in [1.807, 2.05) is 0 Å². The van der Waals surface area contributed by atoms with Crippen LogP contribution in [0.4, 0.5) is 4.39 Å². The second-order valence-corrected chi connectivity index (χ2v) is 3.56. The molecule has 2 atom stereocenters. The molecule has 1 aliphatic rings. The van der Waals surface area contributed by atoms with Gasteiger partial charge in [-0.15, -0.1) is 0 Å². The third kappa shape index (κ3) is 3.32. The fourth-order valence-corrected chi connectivity index (χ4v) is 1.27. The summed E-state index contributed by atoms with van der Waals surface area (Å²) in [6.07, 6.45) is -0.685. The largest absolute Gasteiger partial charge is 0.350 e. The van der Waals surface area contributed by atoms with Gasteiger partial charge in [0.15, 0.2) is 0 Å². The van der Waals surface area contributed by atoms with Gasteiger partial charge in [0.05, 0.1) is 12.6 Å². The molecule has 0 radical (unpaired) electrons. The van der Waals surface area contributed by atoms with E-state index >= 15 is 0 Å². The molecule has 1 fully saturated rings. The van der Waals surface area contributed by atoms with Gasteiger partial charge in [0.1, 0.15) is 6.17 Å². The predicted octanol–water partition coefficient (Wildman–Crippen LogP) is 0.555. The monoisotopic (exact) mass is 206 g/mol. The quantitative estimate of drug-likeness (QED) is 0.709. The second kappa shape index (κ2) is 4.58. The summed E-state index contributed by atoms with van der Waals surface area (Å²) in [7, 11) is 0. The van der Waals surface area contributed by atoms with Crippen molar-refractivity contribution in [3.8, 4) is 0 Å². The van der Waals surface area contributed by atoms with Gasteiger partial charge in [-0.3, -0.25) is 4.79 Å². The maximum absolute atomic E-state index is 12.6. The van der Waals surface area contributed by atoms with Crippen LogP contribution in [0.5, 0.6) is 0 Å². The zero-order chi connectivity index (χ0) is 9.84. The Labute approximate surface area is 81.3 Å². The standard InChI is InChI=1S/C8H12ClFN2O/c1-5(9)3-12-8(13)7-2-6(10)4-11-7/h6-7,11H,1-4H2,(H,12,13)/t6-,7+/m0/s1. The number of halogens is 2. The highest BCUT2D eigenvalue weighted by molar-refractivity contribution is 6.29. The highest BCUT2D eigenvalue weighted by Crippen LogP contribution is 2.09. The minimum atomic E-state index is -0.921. The van der Waals surface area contributed by atoms with Gasteiger partial charge in [-0.25, -0.2) is 4.39 Å². The van der Waals surface area contributed by atoms with Crippen LogP contribution in [0.2, 0.25) is 0 Å². The normalized spacial score (nSPS) is 27.2. The van der Waals surface area contributed by atoms with Crippen molar-refractivity contribution in [3.05, 3.63) is 11.6 Å². The molecule has 0 aromatic carbocycles. The lowest BCUT2D eigenvalue weighted by Crippen LogP contribution is -2.40. The topological polar surface area (TPSA) is 41.1 Å². The zero-order valence-electron chi connectivity index (χ0n) is 7.15. The van der Waals surface area contributed by atoms with Crippen molar-refractivity contribution in [2.24, 2.45) is 0 Å². The van der Waals surface area contributed by atoms with Gasteiger partial charge in [0.25, 0.3) is 0 Å². The Balaban J connectivity index is 2.27. The van der Waals surface area contributed by atoms with Gasteiger partial charge in [-0.05, 0) is 0 Å². The Morgan fingerprint density at radius 2 is 2.46 bits per heavy atom. The van der Waals surface area contributed by atoms with E-state index in [0.29, 0.717) is 5.03 Å². The molecule has 0 bridgehead atoms. The van der Waals surface area contributed by atoms with Crippen LogP contribution in [-0.2, 0) is 4.79 Å². The van der Waals surface area contributed by atoms with Crippen LogP contribution in [0.3, 0.4) is 0 Å². The molecule has 1 heterocycles. The highest BCUT2D eigenvalue weighted by Gasteiger charge is 2.28. The molecule has 0 aliphatic carbocycles. The van der Waals surface area contributed by atoms with E-state index in [0.717, 1.165) is 0 Å². The molecule has 1 rings (SSSR count). The molecular weight excluding hydrogens is 195 g/mol. The molecule has 1 amide bonds. The summed E-state index contributed by atoms with van der Waals surface area (Å²) in [6.45, 7) is 3.91. The molecule has 3 nitrogen and oxygen atoms in total. The van der Waals surface area contributed by atoms with Crippen molar-refractivity contribution in [1.29, 1.82) is 0 Å². The summed E-state index contributed by atoms with van der Waals surface area (Å²) < 4.78 is 12.6. The summed E-state index contributed by atoms with van der Waals surface area (Å²) >= 11 is 5.45. The van der Waals surface area contributed by atoms with E-state index in [2.05, 4.69) is 17.2 Å². The molecule has 0 unspecified atom stereocenters. The molecular formula is C8H12ClFN2O. The molecule has 0 spiro atoms. The molecule has 0 saturated carbocycles. The van der Waals surface area contributed by atoms with E-state index in [-0.39, 0.29) is 25.4 Å². The minimum absolute atomic E-state index is 0.220. The average Bonchev–Trinajstić information content (AvgIpc) is 2.47. The van der Waals surface area contributed by atoms with Crippen LogP contribution in [0.15, 0.2) is 11.6 Å². The van der Waals surface area contributed by atoms with Crippen LogP contribution < -0.4 is 10.6 Å². The van der Waals surface area contributed by atoms with E-state index in [9.17, 15) is 9.18 Å². The Kier molecular flexibility index (Phi) is 3.69. The molecule has 2 N–H and O–H groups in total. The fourth-order valence-electron chi connectivity index (χ4n) is 1.20. The number of alkyl halides is 1. The van der Waals surface area contributed by atoms with Crippen molar-refractivity contribution in [1.82, 2.24) is 10.6 Å². The fraction of sp³-hybridized carbons (Fsp3) is 0.625. The van der Waals surface area contributed by atoms with Gasteiger partial charge in [-0.2, -0.15) is 0 Å². The van der Waals surface area contributed by atoms with Gasteiger partial charge in [0, 0.05) is 18.0 Å². The average molecular weight is 207 g/mol. The summed E-state index contributed by atoms with van der Waals surface area (Å²) in [5.41, 5.74) is 0. The third-order valence-corrected chi connectivity index (χ3v) is 1.98. The van der Waals surface area contributed by atoms with Crippen LogP contribution >= 0.6 is 11.6 Å². The molecule has 74 valence electrons. The van der Waals surface area contributed by atoms with Gasteiger partial charge >= 0.3 is 0 Å². The first kappa shape index (κ1) is 10.5. The summed E-state index contributed by atoms with van der Waals surface area (Å²) in [5, 5.41) is 5.68. The van der Waals surface area contributed by atoms with E-state index in [4.69, 9.17) is 11.6 Å². The van der Waals surface area contributed by atoms with Crippen LogP contribution in [0, 0.1) is 0 Å². The SMILES string of the molecule is C=C(Cl)CNC(=O)[C@H]1C[C@H](F)CN1. The molecule has 1 aliphatic heterocycles. The number of amides is 1. The maximum atomic E-state index is 12.6. The van der Waals surface area contributed by atoms with Crippen LogP contribution in [0.25, 0.3) is 0 Å². The third-order valence-electron chi connectivity index (χ3n) is 1.85. The number of hydrogen-bond donors (Lipinski definition) is 2. The van der Waals surface area contributed by atoms with Crippen molar-refractivity contribution in [2.75, 3.05) is 13.1 Å². The Bertz CT molecular complexity index is 222. The second-order valence-electron chi connectivity index (χ2n) is 3.03. The van der Waals surface area contributed by atoms with E-state index in [1.165, 1.54) is 0 Å². The van der Waals surface area contributed by atoms with Crippen molar-refractivity contribution in [2.45, 2.75) is 18.6 Å². The summed E-state index contributed by atoms with van der Waals surface area (Å²) in [6, 6.07) is -0.425. The van der Waals surface area contributed by atoms with Gasteiger partial charge < -0.3 is 10.6 Å². The molecule has 5 heteroatoms. The van der Waals surface area contributed by atoms with Crippen LogP contribution in [-0.4, -0.2) is 31.2 Å². The predicted molar refractivity (Wildman–Crippen MR) is 49.3 cm³/mol. The lowest BCUT2D eigenvalue weighted by Gasteiger charge is -2.09. The first-order valence-corrected chi connectivity index (χ1v) is 4.46. The Morgan fingerprint density at radius 3 is 2.92 bits per heavy atom. The first-order chi connectivity index (χ1) is 6.09. The number of carbonyl (C=O) groups excluding carboxylic acids is 1. The van der Waals surface area contributed by atoms with E-state index in [1.54, 1.807) is 0 Å². The molecule has 0 aromatic rings. The number of nitrogens with one attached hydrogen (secondary N) is 2. The zero-order valence-corrected chi connectivity index (χ0v) is 7.90. The Morgan fingerprint density at radius 1 is 1.77 bits per heavy atom. The van der Waals surface area contributed by atoms with Gasteiger partial charge in [0.2, 0.25) is 5.91 Å². The van der Waals surface area contributed by atoms with Crippen LogP contribution in [0.1, 0.15) is 6.42 Å². The van der Waals surface area contributed by atoms with Crippen molar-refractivity contribution in [3.63, 3.8) is 0 Å². The molecule has 1 saturated heterocycles.